The number of esters is 1. The summed E-state index contributed by atoms with van der Waals surface area (Å²) in [7, 11) is 0. The predicted octanol–water partition coefficient (Wildman–Crippen LogP) is 4.84. The highest BCUT2D eigenvalue weighted by Crippen LogP contribution is 2.38. The highest BCUT2D eigenvalue weighted by molar-refractivity contribution is 7.17. The lowest BCUT2D eigenvalue weighted by atomic mass is 10.0. The van der Waals surface area contributed by atoms with Crippen LogP contribution in [-0.2, 0) is 22.4 Å². The second-order valence-corrected chi connectivity index (χ2v) is 8.42. The number of fused-ring (bicyclic) bond motifs is 2. The van der Waals surface area contributed by atoms with E-state index < -0.39 is 5.97 Å². The van der Waals surface area contributed by atoms with Gasteiger partial charge in [-0.3, -0.25) is 4.79 Å². The topological polar surface area (TPSA) is 84.9 Å². The second-order valence-electron chi connectivity index (χ2n) is 7.31. The molecule has 32 heavy (non-hydrogen) atoms. The first-order valence-electron chi connectivity index (χ1n) is 10.5. The maximum Gasteiger partial charge on any atom is 0.410 e. The summed E-state index contributed by atoms with van der Waals surface area (Å²) >= 11 is 1.30. The van der Waals surface area contributed by atoms with Crippen LogP contribution in [0.15, 0.2) is 42.5 Å². The molecule has 0 atom stereocenters. The number of anilines is 1. The van der Waals surface area contributed by atoms with Crippen molar-refractivity contribution in [3.05, 3.63) is 64.0 Å². The van der Waals surface area contributed by atoms with Crippen molar-refractivity contribution in [2.24, 2.45) is 0 Å². The van der Waals surface area contributed by atoms with Crippen molar-refractivity contribution in [3.63, 3.8) is 0 Å². The van der Waals surface area contributed by atoms with Gasteiger partial charge >= 0.3 is 12.1 Å². The second kappa shape index (κ2) is 9.40. The summed E-state index contributed by atoms with van der Waals surface area (Å²) in [6, 6.07) is 13.3. The molecule has 0 unspecified atom stereocenters. The molecule has 4 rings (SSSR count). The molecule has 0 radical (unpaired) electrons. The van der Waals surface area contributed by atoms with Gasteiger partial charge in [0.05, 0.1) is 25.3 Å². The first kappa shape index (κ1) is 21.8. The number of ether oxygens (including phenoxy) is 2. The smallest absolute Gasteiger partial charge is 0.410 e. The third-order valence-corrected chi connectivity index (χ3v) is 6.43. The number of thiophene rings is 1. The summed E-state index contributed by atoms with van der Waals surface area (Å²) in [5, 5.41) is 5.35. The van der Waals surface area contributed by atoms with Crippen LogP contribution in [0.1, 0.15) is 45.0 Å². The summed E-state index contributed by atoms with van der Waals surface area (Å²) in [4.78, 5) is 40.4. The van der Waals surface area contributed by atoms with E-state index >= 15 is 0 Å². The first-order valence-corrected chi connectivity index (χ1v) is 11.4. The Morgan fingerprint density at radius 3 is 2.53 bits per heavy atom. The van der Waals surface area contributed by atoms with Crippen LogP contribution in [0.4, 0.5) is 9.80 Å². The molecule has 2 amide bonds. The van der Waals surface area contributed by atoms with Gasteiger partial charge in [-0.15, -0.1) is 11.3 Å². The zero-order valence-electron chi connectivity index (χ0n) is 18.0. The summed E-state index contributed by atoms with van der Waals surface area (Å²) in [5.41, 5.74) is 1.70. The molecule has 3 aromatic rings. The van der Waals surface area contributed by atoms with Gasteiger partial charge in [0.2, 0.25) is 0 Å². The molecule has 2 aromatic carbocycles. The molecule has 0 saturated heterocycles. The summed E-state index contributed by atoms with van der Waals surface area (Å²) in [6.07, 6.45) is 0.107. The molecule has 1 N–H and O–H groups in total. The molecule has 0 spiro atoms. The Kier molecular flexibility index (Phi) is 6.41. The lowest BCUT2D eigenvalue weighted by molar-refractivity contribution is 0.0526. The molecular formula is C24H24N2O5S. The van der Waals surface area contributed by atoms with E-state index in [0.717, 1.165) is 21.2 Å². The van der Waals surface area contributed by atoms with Crippen LogP contribution in [0.3, 0.4) is 0 Å². The third-order valence-electron chi connectivity index (χ3n) is 5.30. The normalized spacial score (nSPS) is 12.9. The molecule has 0 bridgehead atoms. The van der Waals surface area contributed by atoms with Crippen LogP contribution in [0.2, 0.25) is 0 Å². The maximum absolute atomic E-state index is 13.0. The Balaban J connectivity index is 1.64. The summed E-state index contributed by atoms with van der Waals surface area (Å²) in [5.74, 6) is -0.773. The maximum atomic E-state index is 13.0. The fourth-order valence-corrected chi connectivity index (χ4v) is 5.03. The van der Waals surface area contributed by atoms with E-state index in [-0.39, 0.29) is 18.6 Å². The zero-order valence-corrected chi connectivity index (χ0v) is 18.8. The number of nitrogens with one attached hydrogen (secondary N) is 1. The molecular weight excluding hydrogens is 428 g/mol. The average Bonchev–Trinajstić information content (AvgIpc) is 3.16. The minimum Gasteiger partial charge on any atom is -0.462 e. The van der Waals surface area contributed by atoms with E-state index in [1.54, 1.807) is 24.8 Å². The Morgan fingerprint density at radius 1 is 1.03 bits per heavy atom. The Hall–Kier alpha value is -3.39. The molecule has 1 aliphatic heterocycles. The van der Waals surface area contributed by atoms with Crippen molar-refractivity contribution in [2.45, 2.75) is 26.8 Å². The number of nitrogens with zero attached hydrogens (tertiary/aromatic N) is 1. The van der Waals surface area contributed by atoms with Crippen LogP contribution in [0, 0.1) is 0 Å². The number of hydrogen-bond donors (Lipinski definition) is 1. The van der Waals surface area contributed by atoms with Crippen molar-refractivity contribution < 1.29 is 23.9 Å². The lowest BCUT2D eigenvalue weighted by Gasteiger charge is -2.26. The van der Waals surface area contributed by atoms with Gasteiger partial charge in [0.25, 0.3) is 5.91 Å². The summed E-state index contributed by atoms with van der Waals surface area (Å²) in [6.45, 7) is 4.80. The van der Waals surface area contributed by atoms with Crippen LogP contribution in [-0.4, -0.2) is 42.6 Å². The minimum absolute atomic E-state index is 0.233. The number of carbonyl (C=O) groups excluding carboxylic acids is 3. The zero-order chi connectivity index (χ0) is 22.7. The lowest BCUT2D eigenvalue weighted by Crippen LogP contribution is -2.36. The van der Waals surface area contributed by atoms with E-state index in [9.17, 15) is 14.4 Å². The van der Waals surface area contributed by atoms with Gasteiger partial charge in [-0.1, -0.05) is 30.3 Å². The Morgan fingerprint density at radius 2 is 1.78 bits per heavy atom. The van der Waals surface area contributed by atoms with E-state index in [1.165, 1.54) is 11.3 Å². The number of amides is 2. The fourth-order valence-electron chi connectivity index (χ4n) is 3.79. The third kappa shape index (κ3) is 4.31. The molecule has 7 nitrogen and oxygen atoms in total. The summed E-state index contributed by atoms with van der Waals surface area (Å²) < 4.78 is 10.4. The van der Waals surface area contributed by atoms with Crippen molar-refractivity contribution >= 4 is 45.1 Å². The van der Waals surface area contributed by atoms with Gasteiger partial charge in [-0.05, 0) is 48.7 Å². The number of hydrogen-bond acceptors (Lipinski definition) is 6. The molecule has 0 fully saturated rings. The van der Waals surface area contributed by atoms with Gasteiger partial charge in [0.1, 0.15) is 5.00 Å². The minimum atomic E-state index is -0.469. The average molecular weight is 453 g/mol. The van der Waals surface area contributed by atoms with E-state index in [1.807, 2.05) is 36.4 Å². The first-order chi connectivity index (χ1) is 15.5. The molecule has 1 aliphatic rings. The van der Waals surface area contributed by atoms with Crippen molar-refractivity contribution in [1.82, 2.24) is 4.90 Å². The predicted molar refractivity (Wildman–Crippen MR) is 123 cm³/mol. The highest BCUT2D eigenvalue weighted by Gasteiger charge is 2.31. The molecule has 8 heteroatoms. The van der Waals surface area contributed by atoms with Crippen LogP contribution in [0.25, 0.3) is 10.8 Å². The van der Waals surface area contributed by atoms with Crippen molar-refractivity contribution in [2.75, 3.05) is 25.1 Å². The monoisotopic (exact) mass is 452 g/mol. The molecule has 0 saturated carbocycles. The SMILES string of the molecule is CCOC(=O)c1c(NC(=O)c2ccc3ccccc3c2)sc2c1CCN(C(=O)OCC)C2. The number of benzene rings is 2. The van der Waals surface area contributed by atoms with E-state index in [2.05, 4.69) is 5.32 Å². The molecule has 166 valence electrons. The number of carbonyl (C=O) groups is 3. The Labute approximate surface area is 189 Å². The Bertz CT molecular complexity index is 1190. The van der Waals surface area contributed by atoms with Gasteiger partial charge < -0.3 is 19.7 Å². The largest absolute Gasteiger partial charge is 0.462 e. The van der Waals surface area contributed by atoms with E-state index in [4.69, 9.17) is 9.47 Å². The quantitative estimate of drug-likeness (QED) is 0.560. The van der Waals surface area contributed by atoms with Crippen molar-refractivity contribution in [1.29, 1.82) is 0 Å². The van der Waals surface area contributed by atoms with Crippen LogP contribution in [0.5, 0.6) is 0 Å². The molecule has 0 aliphatic carbocycles. The van der Waals surface area contributed by atoms with E-state index in [0.29, 0.717) is 42.2 Å². The molecule has 2 heterocycles. The standard InChI is InChI=1S/C24H24N2O5S/c1-3-30-23(28)20-18-11-12-26(24(29)31-4-2)14-19(18)32-22(20)25-21(27)17-10-9-15-7-5-6-8-16(15)13-17/h5-10,13H,3-4,11-12,14H2,1-2H3,(H,25,27). The molecule has 1 aromatic heterocycles. The van der Waals surface area contributed by atoms with Crippen LogP contribution >= 0.6 is 11.3 Å². The number of rotatable bonds is 5. The van der Waals surface area contributed by atoms with Gasteiger partial charge in [-0.2, -0.15) is 0 Å². The van der Waals surface area contributed by atoms with Gasteiger partial charge in [-0.25, -0.2) is 9.59 Å². The fraction of sp³-hybridized carbons (Fsp3) is 0.292. The van der Waals surface area contributed by atoms with Crippen molar-refractivity contribution in [3.8, 4) is 0 Å². The van der Waals surface area contributed by atoms with Gasteiger partial charge in [0, 0.05) is 17.0 Å². The van der Waals surface area contributed by atoms with Gasteiger partial charge in [0.15, 0.2) is 0 Å². The highest BCUT2D eigenvalue weighted by atomic mass is 32.1. The van der Waals surface area contributed by atoms with Crippen LogP contribution < -0.4 is 5.32 Å².